The molecule has 138 valence electrons. The highest BCUT2D eigenvalue weighted by Crippen LogP contribution is 2.10. The lowest BCUT2D eigenvalue weighted by molar-refractivity contribution is -0.133. The quantitative estimate of drug-likeness (QED) is 0.258. The molecule has 0 fully saturated rings. The summed E-state index contributed by atoms with van der Waals surface area (Å²) in [6, 6.07) is 0. The van der Waals surface area contributed by atoms with Crippen molar-refractivity contribution < 1.29 is 10.0 Å². The number of hydroxylamine groups is 1. The van der Waals surface area contributed by atoms with Crippen LogP contribution in [0.4, 0.5) is 0 Å². The van der Waals surface area contributed by atoms with Gasteiger partial charge in [-0.25, -0.2) is 5.48 Å². The molecule has 25 heavy (non-hydrogen) atoms. The number of hydrogen-bond acceptors (Lipinski definition) is 2. The third-order valence-corrected chi connectivity index (χ3v) is 3.98. The summed E-state index contributed by atoms with van der Waals surface area (Å²) in [7, 11) is 0. The SMILES string of the molecule is CCCCCCCCC#CCC#CCC#CCCC(CC)C(=O)NO. The van der Waals surface area contributed by atoms with Gasteiger partial charge in [0.2, 0.25) is 5.91 Å². The molecule has 0 rings (SSSR count). The van der Waals surface area contributed by atoms with Crippen LogP contribution in [0.3, 0.4) is 0 Å². The Morgan fingerprint density at radius 2 is 1.40 bits per heavy atom. The van der Waals surface area contributed by atoms with Crippen LogP contribution in [-0.4, -0.2) is 11.1 Å². The molecular formula is C22H33NO2. The van der Waals surface area contributed by atoms with Crippen molar-refractivity contribution in [3.8, 4) is 35.5 Å². The Morgan fingerprint density at radius 1 is 0.840 bits per heavy atom. The van der Waals surface area contributed by atoms with E-state index in [0.29, 0.717) is 32.1 Å². The zero-order valence-electron chi connectivity index (χ0n) is 15.9. The number of unbranched alkanes of at least 4 members (excludes halogenated alkanes) is 6. The Balaban J connectivity index is 3.66. The summed E-state index contributed by atoms with van der Waals surface area (Å²) >= 11 is 0. The smallest absolute Gasteiger partial charge is 0.246 e. The highest BCUT2D eigenvalue weighted by Gasteiger charge is 2.13. The van der Waals surface area contributed by atoms with Gasteiger partial charge in [0.15, 0.2) is 0 Å². The van der Waals surface area contributed by atoms with E-state index in [4.69, 9.17) is 5.21 Å². The molecule has 0 radical (unpaired) electrons. The predicted octanol–water partition coefficient (Wildman–Crippen LogP) is 4.84. The standard InChI is InChI=1S/C22H33NO2/c1-3-5-6-7-8-9-10-11-12-13-14-15-16-17-18-19-20-21(4-2)22(24)23-25/h21,25H,3-10,13,16,19-20H2,1-2H3,(H,23,24). The summed E-state index contributed by atoms with van der Waals surface area (Å²) in [5.41, 5.74) is 1.70. The molecule has 1 unspecified atom stereocenters. The van der Waals surface area contributed by atoms with Gasteiger partial charge in [-0.05, 0) is 19.3 Å². The molecule has 1 amide bonds. The Labute approximate surface area is 154 Å². The first-order chi connectivity index (χ1) is 12.3. The summed E-state index contributed by atoms with van der Waals surface area (Å²) < 4.78 is 0. The molecule has 0 bridgehead atoms. The molecular weight excluding hydrogens is 310 g/mol. The van der Waals surface area contributed by atoms with Gasteiger partial charge >= 0.3 is 0 Å². The van der Waals surface area contributed by atoms with Gasteiger partial charge in [-0.2, -0.15) is 0 Å². The normalized spacial score (nSPS) is 10.4. The molecule has 0 aliphatic heterocycles. The van der Waals surface area contributed by atoms with Crippen molar-refractivity contribution in [2.75, 3.05) is 0 Å². The fourth-order valence-corrected chi connectivity index (χ4v) is 2.37. The predicted molar refractivity (Wildman–Crippen MR) is 103 cm³/mol. The summed E-state index contributed by atoms with van der Waals surface area (Å²) in [6.45, 7) is 4.16. The molecule has 0 saturated heterocycles. The van der Waals surface area contributed by atoms with Gasteiger partial charge in [0, 0.05) is 18.8 Å². The summed E-state index contributed by atoms with van der Waals surface area (Å²) in [4.78, 5) is 11.3. The average Bonchev–Trinajstić information content (AvgIpc) is 2.64. The molecule has 0 aromatic heterocycles. The zero-order chi connectivity index (χ0) is 18.6. The Bertz CT molecular complexity index is 519. The van der Waals surface area contributed by atoms with E-state index in [1.165, 1.54) is 38.5 Å². The zero-order valence-corrected chi connectivity index (χ0v) is 15.9. The van der Waals surface area contributed by atoms with Gasteiger partial charge in [-0.3, -0.25) is 10.0 Å². The van der Waals surface area contributed by atoms with Crippen LogP contribution in [0.1, 0.15) is 90.9 Å². The van der Waals surface area contributed by atoms with Crippen molar-refractivity contribution >= 4 is 5.91 Å². The van der Waals surface area contributed by atoms with Crippen molar-refractivity contribution in [2.45, 2.75) is 90.9 Å². The van der Waals surface area contributed by atoms with E-state index >= 15 is 0 Å². The van der Waals surface area contributed by atoms with E-state index in [0.717, 1.165) is 6.42 Å². The van der Waals surface area contributed by atoms with Crippen LogP contribution in [0.2, 0.25) is 0 Å². The van der Waals surface area contributed by atoms with E-state index < -0.39 is 0 Å². The van der Waals surface area contributed by atoms with Crippen LogP contribution in [0.5, 0.6) is 0 Å². The van der Waals surface area contributed by atoms with Crippen LogP contribution in [-0.2, 0) is 4.79 Å². The molecule has 0 aromatic carbocycles. The summed E-state index contributed by atoms with van der Waals surface area (Å²) in [6.07, 6.45) is 12.0. The van der Waals surface area contributed by atoms with Gasteiger partial charge in [-0.1, -0.05) is 69.6 Å². The number of nitrogens with one attached hydrogen (secondary N) is 1. The second-order valence-corrected chi connectivity index (χ2v) is 6.05. The first-order valence-electron chi connectivity index (χ1n) is 9.57. The topological polar surface area (TPSA) is 49.3 Å². The molecule has 0 aliphatic rings. The fourth-order valence-electron chi connectivity index (χ4n) is 2.37. The maximum absolute atomic E-state index is 11.3. The Kier molecular flexibility index (Phi) is 17.1. The second kappa shape index (κ2) is 18.4. The number of hydrogen-bond donors (Lipinski definition) is 2. The Morgan fingerprint density at radius 3 is 2.00 bits per heavy atom. The molecule has 0 spiro atoms. The van der Waals surface area contributed by atoms with E-state index in [-0.39, 0.29) is 11.8 Å². The molecule has 3 heteroatoms. The molecule has 1 atom stereocenters. The van der Waals surface area contributed by atoms with Crippen LogP contribution >= 0.6 is 0 Å². The molecule has 3 nitrogen and oxygen atoms in total. The summed E-state index contributed by atoms with van der Waals surface area (Å²) in [5.74, 6) is 17.8. The van der Waals surface area contributed by atoms with Gasteiger partial charge in [0.1, 0.15) is 0 Å². The van der Waals surface area contributed by atoms with Gasteiger partial charge in [0.25, 0.3) is 0 Å². The number of carbonyl (C=O) groups is 1. The van der Waals surface area contributed by atoms with Gasteiger partial charge < -0.3 is 0 Å². The van der Waals surface area contributed by atoms with Crippen molar-refractivity contribution in [3.63, 3.8) is 0 Å². The van der Waals surface area contributed by atoms with Gasteiger partial charge in [-0.15, -0.1) is 11.8 Å². The van der Waals surface area contributed by atoms with Crippen molar-refractivity contribution in [1.82, 2.24) is 5.48 Å². The van der Waals surface area contributed by atoms with E-state index in [2.05, 4.69) is 42.4 Å². The number of carbonyl (C=O) groups excluding carboxylic acids is 1. The third-order valence-electron chi connectivity index (χ3n) is 3.98. The minimum atomic E-state index is -0.330. The second-order valence-electron chi connectivity index (χ2n) is 6.05. The summed E-state index contributed by atoms with van der Waals surface area (Å²) in [5, 5.41) is 8.61. The Hall–Kier alpha value is -1.89. The highest BCUT2D eigenvalue weighted by atomic mass is 16.5. The molecule has 2 N–H and O–H groups in total. The monoisotopic (exact) mass is 343 g/mol. The van der Waals surface area contributed by atoms with E-state index in [1.54, 1.807) is 5.48 Å². The largest absolute Gasteiger partial charge is 0.289 e. The highest BCUT2D eigenvalue weighted by molar-refractivity contribution is 5.77. The van der Waals surface area contributed by atoms with E-state index in [9.17, 15) is 4.79 Å². The van der Waals surface area contributed by atoms with Crippen LogP contribution in [0.15, 0.2) is 0 Å². The molecule has 0 saturated carbocycles. The van der Waals surface area contributed by atoms with Crippen molar-refractivity contribution in [2.24, 2.45) is 5.92 Å². The maximum atomic E-state index is 11.3. The average molecular weight is 344 g/mol. The van der Waals surface area contributed by atoms with Crippen LogP contribution in [0, 0.1) is 41.4 Å². The lowest BCUT2D eigenvalue weighted by Crippen LogP contribution is -2.27. The lowest BCUT2D eigenvalue weighted by Gasteiger charge is -2.09. The fraction of sp³-hybridized carbons (Fsp3) is 0.682. The van der Waals surface area contributed by atoms with Crippen LogP contribution in [0.25, 0.3) is 0 Å². The number of amides is 1. The first kappa shape index (κ1) is 23.1. The van der Waals surface area contributed by atoms with Gasteiger partial charge in [0.05, 0.1) is 12.8 Å². The van der Waals surface area contributed by atoms with E-state index in [1.807, 2.05) is 6.92 Å². The maximum Gasteiger partial charge on any atom is 0.246 e. The number of rotatable bonds is 10. The molecule has 0 aromatic rings. The molecule has 0 heterocycles. The van der Waals surface area contributed by atoms with Crippen LogP contribution < -0.4 is 5.48 Å². The first-order valence-corrected chi connectivity index (χ1v) is 9.57. The minimum absolute atomic E-state index is 0.174. The van der Waals surface area contributed by atoms with Crippen molar-refractivity contribution in [3.05, 3.63) is 0 Å². The third kappa shape index (κ3) is 15.4. The molecule has 0 aliphatic carbocycles. The minimum Gasteiger partial charge on any atom is -0.289 e. The van der Waals surface area contributed by atoms with Crippen molar-refractivity contribution in [1.29, 1.82) is 0 Å². The lowest BCUT2D eigenvalue weighted by atomic mass is 10.00.